The molecule has 17 heavy (non-hydrogen) atoms. The number of nitrogens with one attached hydrogen (secondary N) is 1. The number of aryl methyl sites for hydroxylation is 1. The van der Waals surface area contributed by atoms with Gasteiger partial charge in [0.25, 0.3) is 5.56 Å². The van der Waals surface area contributed by atoms with Crippen LogP contribution in [0.5, 0.6) is 0 Å². The number of H-pyrrole nitrogens is 1. The maximum absolute atomic E-state index is 11.9. The molecule has 5 heteroatoms. The Bertz CT molecular complexity index is 730. The van der Waals surface area contributed by atoms with E-state index < -0.39 is 0 Å². The molecule has 0 saturated carbocycles. The Morgan fingerprint density at radius 3 is 3.00 bits per heavy atom. The Labute approximate surface area is 101 Å². The third kappa shape index (κ3) is 1.64. The van der Waals surface area contributed by atoms with E-state index in [0.717, 1.165) is 11.1 Å². The van der Waals surface area contributed by atoms with Crippen molar-refractivity contribution in [3.05, 3.63) is 45.7 Å². The van der Waals surface area contributed by atoms with Gasteiger partial charge in [0.05, 0.1) is 5.52 Å². The Hall–Kier alpha value is -2.01. The fourth-order valence-corrected chi connectivity index (χ4v) is 2.55. The van der Waals surface area contributed by atoms with Crippen LogP contribution in [0.1, 0.15) is 5.56 Å². The molecule has 3 aromatic heterocycles. The summed E-state index contributed by atoms with van der Waals surface area (Å²) < 4.78 is 0.669. The first kappa shape index (κ1) is 10.2. The molecule has 0 radical (unpaired) electrons. The molecule has 3 heterocycles. The molecule has 84 valence electrons. The first-order chi connectivity index (χ1) is 8.25. The van der Waals surface area contributed by atoms with Crippen molar-refractivity contribution in [2.75, 3.05) is 0 Å². The Balaban J connectivity index is 2.32. The zero-order valence-corrected chi connectivity index (χ0v) is 9.91. The molecule has 0 spiro atoms. The summed E-state index contributed by atoms with van der Waals surface area (Å²) in [6, 6.07) is 5.52. The van der Waals surface area contributed by atoms with Crippen molar-refractivity contribution < 1.29 is 0 Å². The molecule has 0 aliphatic rings. The van der Waals surface area contributed by atoms with Gasteiger partial charge in [0.2, 0.25) is 0 Å². The quantitative estimate of drug-likeness (QED) is 0.713. The summed E-state index contributed by atoms with van der Waals surface area (Å²) in [7, 11) is 0. The van der Waals surface area contributed by atoms with Crippen LogP contribution < -0.4 is 5.56 Å². The monoisotopic (exact) mass is 243 g/mol. The second kappa shape index (κ2) is 3.78. The summed E-state index contributed by atoms with van der Waals surface area (Å²) in [6.45, 7) is 1.95. The summed E-state index contributed by atoms with van der Waals surface area (Å²) >= 11 is 1.42. The molecule has 0 amide bonds. The number of pyridine rings is 1. The van der Waals surface area contributed by atoms with Crippen molar-refractivity contribution in [3.8, 4) is 11.5 Å². The summed E-state index contributed by atoms with van der Waals surface area (Å²) in [5, 5.41) is 1.94. The minimum atomic E-state index is -0.103. The molecule has 1 N–H and O–H groups in total. The van der Waals surface area contributed by atoms with Crippen molar-refractivity contribution in [2.24, 2.45) is 0 Å². The lowest BCUT2D eigenvalue weighted by molar-refractivity contribution is 1.14. The van der Waals surface area contributed by atoms with Crippen LogP contribution in [-0.4, -0.2) is 15.0 Å². The number of hydrogen-bond acceptors (Lipinski definition) is 4. The van der Waals surface area contributed by atoms with E-state index in [4.69, 9.17) is 0 Å². The number of fused-ring (bicyclic) bond motifs is 1. The number of nitrogens with zero attached hydrogens (tertiary/aromatic N) is 2. The molecular formula is C12H9N3OS. The normalized spacial score (nSPS) is 10.9. The van der Waals surface area contributed by atoms with E-state index in [1.165, 1.54) is 11.3 Å². The van der Waals surface area contributed by atoms with Crippen molar-refractivity contribution >= 4 is 21.6 Å². The number of hydrogen-bond donors (Lipinski definition) is 1. The fourth-order valence-electron chi connectivity index (χ4n) is 1.67. The zero-order valence-electron chi connectivity index (χ0n) is 9.10. The molecule has 4 nitrogen and oxygen atoms in total. The first-order valence-corrected chi connectivity index (χ1v) is 6.03. The summed E-state index contributed by atoms with van der Waals surface area (Å²) in [6.07, 6.45) is 1.68. The Morgan fingerprint density at radius 1 is 1.35 bits per heavy atom. The third-order valence-electron chi connectivity index (χ3n) is 2.51. The number of thiophene rings is 1. The maximum atomic E-state index is 11.9. The van der Waals surface area contributed by atoms with Gasteiger partial charge in [-0.1, -0.05) is 6.07 Å². The Kier molecular flexibility index (Phi) is 2.26. The van der Waals surface area contributed by atoms with E-state index >= 15 is 0 Å². The second-order valence-corrected chi connectivity index (χ2v) is 4.61. The van der Waals surface area contributed by atoms with Gasteiger partial charge in [-0.05, 0) is 30.0 Å². The van der Waals surface area contributed by atoms with Crippen LogP contribution in [0.4, 0.5) is 0 Å². The van der Waals surface area contributed by atoms with Crippen LogP contribution >= 0.6 is 11.3 Å². The van der Waals surface area contributed by atoms with Gasteiger partial charge in [0.15, 0.2) is 5.82 Å². The molecule has 0 bridgehead atoms. The molecule has 0 aromatic carbocycles. The van der Waals surface area contributed by atoms with E-state index in [1.807, 2.05) is 30.5 Å². The van der Waals surface area contributed by atoms with Gasteiger partial charge in [0, 0.05) is 6.20 Å². The highest BCUT2D eigenvalue weighted by atomic mass is 32.1. The number of aromatic amines is 1. The Morgan fingerprint density at radius 2 is 2.24 bits per heavy atom. The van der Waals surface area contributed by atoms with Gasteiger partial charge in [-0.15, -0.1) is 11.3 Å². The van der Waals surface area contributed by atoms with Crippen LogP contribution in [-0.2, 0) is 0 Å². The summed E-state index contributed by atoms with van der Waals surface area (Å²) in [5.41, 5.74) is 2.36. The first-order valence-electron chi connectivity index (χ1n) is 5.15. The van der Waals surface area contributed by atoms with Crippen LogP contribution in [0.3, 0.4) is 0 Å². The van der Waals surface area contributed by atoms with Crippen molar-refractivity contribution in [1.82, 2.24) is 15.0 Å². The molecule has 0 fully saturated rings. The lowest BCUT2D eigenvalue weighted by Gasteiger charge is -1.99. The predicted molar refractivity (Wildman–Crippen MR) is 68.2 cm³/mol. The molecule has 0 saturated heterocycles. The van der Waals surface area contributed by atoms with Gasteiger partial charge >= 0.3 is 0 Å². The van der Waals surface area contributed by atoms with Gasteiger partial charge in [-0.2, -0.15) is 0 Å². The molecular weight excluding hydrogens is 234 g/mol. The van der Waals surface area contributed by atoms with Crippen molar-refractivity contribution in [3.63, 3.8) is 0 Å². The second-order valence-electron chi connectivity index (χ2n) is 3.73. The van der Waals surface area contributed by atoms with Gasteiger partial charge < -0.3 is 4.98 Å². The van der Waals surface area contributed by atoms with Crippen LogP contribution in [0.2, 0.25) is 0 Å². The maximum Gasteiger partial charge on any atom is 0.269 e. The van der Waals surface area contributed by atoms with Crippen molar-refractivity contribution in [2.45, 2.75) is 6.92 Å². The minimum absolute atomic E-state index is 0.103. The lowest BCUT2D eigenvalue weighted by Crippen LogP contribution is -2.08. The van der Waals surface area contributed by atoms with Gasteiger partial charge in [-0.25, -0.2) is 4.98 Å². The van der Waals surface area contributed by atoms with E-state index in [0.29, 0.717) is 16.2 Å². The molecule has 0 aliphatic carbocycles. The molecule has 0 atom stereocenters. The third-order valence-corrected chi connectivity index (χ3v) is 3.60. The highest BCUT2D eigenvalue weighted by Gasteiger charge is 2.09. The molecule has 0 unspecified atom stereocenters. The molecule has 3 rings (SSSR count). The minimum Gasteiger partial charge on any atom is -0.304 e. The van der Waals surface area contributed by atoms with E-state index in [1.54, 1.807) is 6.20 Å². The average molecular weight is 243 g/mol. The zero-order chi connectivity index (χ0) is 11.8. The molecule has 0 aliphatic heterocycles. The van der Waals surface area contributed by atoms with E-state index in [2.05, 4.69) is 15.0 Å². The molecule has 3 aromatic rings. The highest BCUT2D eigenvalue weighted by molar-refractivity contribution is 7.17. The highest BCUT2D eigenvalue weighted by Crippen LogP contribution is 2.21. The summed E-state index contributed by atoms with van der Waals surface area (Å²) in [5.74, 6) is 0.518. The largest absolute Gasteiger partial charge is 0.304 e. The van der Waals surface area contributed by atoms with Gasteiger partial charge in [-0.3, -0.25) is 9.78 Å². The average Bonchev–Trinajstić information content (AvgIpc) is 2.73. The van der Waals surface area contributed by atoms with E-state index in [-0.39, 0.29) is 5.56 Å². The lowest BCUT2D eigenvalue weighted by atomic mass is 10.3. The topological polar surface area (TPSA) is 58.6 Å². The standard InChI is InChI=1S/C12H9N3OS/c1-7-6-17-10-9(7)14-11(15-12(10)16)8-4-2-3-5-13-8/h2-6H,1H3,(H,14,15,16). The number of rotatable bonds is 1. The van der Waals surface area contributed by atoms with E-state index in [9.17, 15) is 4.79 Å². The number of aromatic nitrogens is 3. The van der Waals surface area contributed by atoms with Crippen LogP contribution in [0, 0.1) is 6.92 Å². The fraction of sp³-hybridized carbons (Fsp3) is 0.0833. The smallest absolute Gasteiger partial charge is 0.269 e. The van der Waals surface area contributed by atoms with Gasteiger partial charge in [0.1, 0.15) is 10.4 Å². The van der Waals surface area contributed by atoms with Crippen LogP contribution in [0.25, 0.3) is 21.7 Å². The predicted octanol–water partition coefficient (Wildman–Crippen LogP) is 2.36. The summed E-state index contributed by atoms with van der Waals surface area (Å²) in [4.78, 5) is 23.3. The SMILES string of the molecule is Cc1csc2c(=O)[nH]c(-c3ccccn3)nc12. The van der Waals surface area contributed by atoms with Crippen molar-refractivity contribution in [1.29, 1.82) is 0 Å². The van der Waals surface area contributed by atoms with Crippen LogP contribution in [0.15, 0.2) is 34.6 Å².